The number of hydrogen-bond acceptors (Lipinski definition) is 5. The lowest BCUT2D eigenvalue weighted by molar-refractivity contribution is 0.699. The van der Waals surface area contributed by atoms with Crippen LogP contribution in [0.15, 0.2) is 64.8 Å². The highest BCUT2D eigenvalue weighted by molar-refractivity contribution is 7.99. The van der Waals surface area contributed by atoms with Crippen LogP contribution < -0.4 is 10.6 Å². The molecule has 0 radical (unpaired) electrons. The molecule has 156 valence electrons. The summed E-state index contributed by atoms with van der Waals surface area (Å²) in [5, 5.41) is 9.98. The van der Waals surface area contributed by atoms with Crippen LogP contribution in [0, 0.1) is 0 Å². The maximum absolute atomic E-state index is 5.96. The van der Waals surface area contributed by atoms with Crippen LogP contribution >= 0.6 is 46.9 Å². The fourth-order valence-corrected chi connectivity index (χ4v) is 6.37. The predicted molar refractivity (Wildman–Crippen MR) is 136 cm³/mol. The van der Waals surface area contributed by atoms with Gasteiger partial charge in [-0.05, 0) is 79.9 Å². The molecule has 2 aromatic heterocycles. The van der Waals surface area contributed by atoms with Crippen molar-refractivity contribution >= 4 is 73.6 Å². The summed E-state index contributed by atoms with van der Waals surface area (Å²) >= 11 is 15.0. The smallest absolute Gasteiger partial charge is 0.175 e. The van der Waals surface area contributed by atoms with Crippen molar-refractivity contribution in [2.24, 2.45) is 0 Å². The summed E-state index contributed by atoms with van der Waals surface area (Å²) in [6.07, 6.45) is 6.45. The molecule has 0 unspecified atom stereocenters. The molecule has 0 spiro atoms. The number of thiophene rings is 1. The third-order valence-electron chi connectivity index (χ3n) is 5.16. The predicted octanol–water partition coefficient (Wildman–Crippen LogP) is 7.18. The molecule has 2 aromatic carbocycles. The number of fused-ring (bicyclic) bond motifs is 3. The summed E-state index contributed by atoms with van der Waals surface area (Å²) in [4.78, 5) is 12.8. The quantitative estimate of drug-likeness (QED) is 0.237. The van der Waals surface area contributed by atoms with Crippen LogP contribution in [-0.4, -0.2) is 15.1 Å². The largest absolute Gasteiger partial charge is 0.332 e. The van der Waals surface area contributed by atoms with E-state index in [1.807, 2.05) is 53.8 Å². The third-order valence-corrected chi connectivity index (χ3v) is 7.90. The number of thiocarbonyl (C=S) groups is 1. The summed E-state index contributed by atoms with van der Waals surface area (Å²) in [6.45, 7) is 0. The second kappa shape index (κ2) is 9.12. The van der Waals surface area contributed by atoms with Gasteiger partial charge in [-0.3, -0.25) is 0 Å². The Kier molecular flexibility index (Phi) is 6.09. The van der Waals surface area contributed by atoms with Crippen molar-refractivity contribution in [1.29, 1.82) is 0 Å². The first kappa shape index (κ1) is 20.7. The Hall–Kier alpha value is -2.19. The maximum Gasteiger partial charge on any atom is 0.175 e. The average Bonchev–Trinajstić information content (AvgIpc) is 3.16. The number of anilines is 2. The van der Waals surface area contributed by atoms with E-state index >= 15 is 0 Å². The Morgan fingerprint density at radius 2 is 1.81 bits per heavy atom. The molecule has 2 N–H and O–H groups in total. The number of hydrogen-bond donors (Lipinski definition) is 2. The van der Waals surface area contributed by atoms with Crippen molar-refractivity contribution in [3.63, 3.8) is 0 Å². The van der Waals surface area contributed by atoms with Crippen molar-refractivity contribution < 1.29 is 0 Å². The number of aryl methyl sites for hydroxylation is 2. The molecule has 2 heterocycles. The number of nitrogens with zero attached hydrogens (tertiary/aromatic N) is 2. The second-order valence-electron chi connectivity index (χ2n) is 7.25. The van der Waals surface area contributed by atoms with Crippen LogP contribution in [0.5, 0.6) is 0 Å². The summed E-state index contributed by atoms with van der Waals surface area (Å²) < 4.78 is 0. The fourth-order valence-electron chi connectivity index (χ4n) is 3.72. The van der Waals surface area contributed by atoms with Crippen LogP contribution in [0.2, 0.25) is 5.02 Å². The topological polar surface area (TPSA) is 49.8 Å². The molecule has 4 aromatic rings. The first-order valence-corrected chi connectivity index (χ1v) is 12.4. The van der Waals surface area contributed by atoms with Gasteiger partial charge in [-0.1, -0.05) is 35.5 Å². The monoisotopic (exact) mass is 482 g/mol. The fraction of sp³-hybridized carbons (Fsp3) is 0.174. The van der Waals surface area contributed by atoms with E-state index in [1.54, 1.807) is 18.1 Å². The van der Waals surface area contributed by atoms with E-state index in [0.29, 0.717) is 10.1 Å². The minimum Gasteiger partial charge on any atom is -0.332 e. The highest BCUT2D eigenvalue weighted by Crippen LogP contribution is 2.42. The zero-order valence-corrected chi connectivity index (χ0v) is 19.7. The van der Waals surface area contributed by atoms with Gasteiger partial charge in [0.25, 0.3) is 0 Å². The molecule has 31 heavy (non-hydrogen) atoms. The Balaban J connectivity index is 1.40. The normalized spacial score (nSPS) is 13.1. The van der Waals surface area contributed by atoms with Gasteiger partial charge in [-0.15, -0.1) is 11.3 Å². The molecule has 0 bridgehead atoms. The Bertz CT molecular complexity index is 1250. The number of nitrogens with one attached hydrogen (secondary N) is 2. The molecule has 0 saturated heterocycles. The number of halogens is 1. The van der Waals surface area contributed by atoms with E-state index in [2.05, 4.69) is 26.7 Å². The Morgan fingerprint density at radius 1 is 1.00 bits per heavy atom. The van der Waals surface area contributed by atoms with E-state index in [0.717, 1.165) is 39.0 Å². The van der Waals surface area contributed by atoms with Crippen molar-refractivity contribution in [3.8, 4) is 0 Å². The first-order chi connectivity index (χ1) is 15.2. The Labute approximate surface area is 199 Å². The molecular weight excluding hydrogens is 464 g/mol. The van der Waals surface area contributed by atoms with Crippen LogP contribution in [0.3, 0.4) is 0 Å². The van der Waals surface area contributed by atoms with E-state index < -0.39 is 0 Å². The lowest BCUT2D eigenvalue weighted by Crippen LogP contribution is -2.19. The minimum absolute atomic E-state index is 0.524. The number of aromatic nitrogens is 2. The molecule has 0 fully saturated rings. The molecule has 5 rings (SSSR count). The van der Waals surface area contributed by atoms with E-state index in [1.165, 1.54) is 28.7 Å². The number of rotatable bonds is 4. The van der Waals surface area contributed by atoms with E-state index in [9.17, 15) is 0 Å². The van der Waals surface area contributed by atoms with Crippen LogP contribution in [0.1, 0.15) is 23.3 Å². The van der Waals surface area contributed by atoms with Gasteiger partial charge in [0, 0.05) is 25.9 Å². The van der Waals surface area contributed by atoms with Gasteiger partial charge in [-0.25, -0.2) is 9.97 Å². The third kappa shape index (κ3) is 4.55. The molecule has 4 nitrogen and oxygen atoms in total. The first-order valence-electron chi connectivity index (χ1n) is 10.0. The molecule has 0 aliphatic heterocycles. The van der Waals surface area contributed by atoms with Gasteiger partial charge in [0.2, 0.25) is 0 Å². The lowest BCUT2D eigenvalue weighted by atomic mass is 9.97. The Morgan fingerprint density at radius 3 is 2.68 bits per heavy atom. The second-order valence-corrected chi connectivity index (χ2v) is 10.2. The summed E-state index contributed by atoms with van der Waals surface area (Å²) in [7, 11) is 0. The van der Waals surface area contributed by atoms with Gasteiger partial charge in [0.15, 0.2) is 5.11 Å². The van der Waals surface area contributed by atoms with Crippen LogP contribution in [-0.2, 0) is 12.8 Å². The zero-order chi connectivity index (χ0) is 21.2. The molecule has 0 atom stereocenters. The van der Waals surface area contributed by atoms with E-state index in [-0.39, 0.29) is 0 Å². The van der Waals surface area contributed by atoms with Crippen molar-refractivity contribution in [2.75, 3.05) is 10.6 Å². The molecule has 8 heteroatoms. The highest BCUT2D eigenvalue weighted by Gasteiger charge is 2.20. The van der Waals surface area contributed by atoms with Crippen molar-refractivity contribution in [2.45, 2.75) is 35.6 Å². The zero-order valence-electron chi connectivity index (χ0n) is 16.5. The van der Waals surface area contributed by atoms with Crippen molar-refractivity contribution in [1.82, 2.24) is 9.97 Å². The maximum atomic E-state index is 5.96. The van der Waals surface area contributed by atoms with Gasteiger partial charge in [-0.2, -0.15) is 0 Å². The number of benzene rings is 2. The molecule has 0 saturated carbocycles. The standard InChI is InChI=1S/C23H19ClN4S3/c24-14-9-11-15(12-10-14)27-23(29)28-17-6-2-4-8-19(17)31-22-20-16-5-1-3-7-18(16)30-21(20)25-13-26-22/h2,4,6,8-13H,1,3,5,7H2,(H2,27,28,29). The molecule has 0 amide bonds. The van der Waals surface area contributed by atoms with Gasteiger partial charge < -0.3 is 10.6 Å². The molecule has 1 aliphatic carbocycles. The van der Waals surface area contributed by atoms with Crippen LogP contribution in [0.4, 0.5) is 11.4 Å². The van der Waals surface area contributed by atoms with Crippen molar-refractivity contribution in [3.05, 3.63) is 70.3 Å². The summed E-state index contributed by atoms with van der Waals surface area (Å²) in [5.41, 5.74) is 3.27. The summed E-state index contributed by atoms with van der Waals surface area (Å²) in [6, 6.07) is 15.6. The van der Waals surface area contributed by atoms with Gasteiger partial charge in [0.1, 0.15) is 16.2 Å². The van der Waals surface area contributed by atoms with E-state index in [4.69, 9.17) is 23.8 Å². The SMILES string of the molecule is S=C(Nc1ccc(Cl)cc1)Nc1ccccc1Sc1ncnc2sc3c(c12)CCCC3. The molecule has 1 aliphatic rings. The van der Waals surface area contributed by atoms with Gasteiger partial charge in [0.05, 0.1) is 5.69 Å². The van der Waals surface area contributed by atoms with Crippen LogP contribution in [0.25, 0.3) is 10.2 Å². The average molecular weight is 483 g/mol. The number of para-hydroxylation sites is 1. The summed E-state index contributed by atoms with van der Waals surface area (Å²) in [5.74, 6) is 0. The molecular formula is C23H19ClN4S3. The van der Waals surface area contributed by atoms with Gasteiger partial charge >= 0.3 is 0 Å². The minimum atomic E-state index is 0.524. The highest BCUT2D eigenvalue weighted by atomic mass is 35.5. The lowest BCUT2D eigenvalue weighted by Gasteiger charge is -2.15.